The lowest BCUT2D eigenvalue weighted by molar-refractivity contribution is -0.289. The van der Waals surface area contributed by atoms with Crippen molar-refractivity contribution in [1.82, 2.24) is 4.98 Å². The summed E-state index contributed by atoms with van der Waals surface area (Å²) in [6.07, 6.45) is -4.10. The van der Waals surface area contributed by atoms with Gasteiger partial charge in [0.25, 0.3) is 0 Å². The van der Waals surface area contributed by atoms with Gasteiger partial charge in [-0.05, 0) is 12.1 Å². The standard InChI is InChI=1S/C7H3F5N/c8-6(9,7(10,11)12)5-2-1-3-13-4-5/h1,3-4H. The van der Waals surface area contributed by atoms with Crippen LogP contribution in [-0.2, 0) is 5.92 Å². The lowest BCUT2D eigenvalue weighted by Crippen LogP contribution is -2.33. The van der Waals surface area contributed by atoms with Gasteiger partial charge in [0.1, 0.15) is 0 Å². The Bertz CT molecular complexity index is 279. The van der Waals surface area contributed by atoms with E-state index in [1.54, 1.807) is 6.07 Å². The molecule has 1 aromatic rings. The van der Waals surface area contributed by atoms with Gasteiger partial charge in [0.2, 0.25) is 0 Å². The number of pyridine rings is 1. The maximum absolute atomic E-state index is 12.5. The van der Waals surface area contributed by atoms with Crippen LogP contribution in [0.25, 0.3) is 0 Å². The zero-order chi connectivity index (χ0) is 10.1. The lowest BCUT2D eigenvalue weighted by atomic mass is 10.1. The minimum absolute atomic E-state index is 0.438. The highest BCUT2D eigenvalue weighted by Crippen LogP contribution is 2.43. The number of hydrogen-bond acceptors (Lipinski definition) is 1. The predicted octanol–water partition coefficient (Wildman–Crippen LogP) is 2.54. The molecular weight excluding hydrogens is 193 g/mol. The molecule has 0 amide bonds. The van der Waals surface area contributed by atoms with Gasteiger partial charge in [-0.15, -0.1) is 0 Å². The molecule has 0 saturated carbocycles. The van der Waals surface area contributed by atoms with Crippen molar-refractivity contribution in [2.45, 2.75) is 12.1 Å². The summed E-state index contributed by atoms with van der Waals surface area (Å²) >= 11 is 0. The quantitative estimate of drug-likeness (QED) is 0.629. The molecule has 0 aromatic carbocycles. The molecule has 0 saturated heterocycles. The van der Waals surface area contributed by atoms with Gasteiger partial charge in [0, 0.05) is 12.4 Å². The monoisotopic (exact) mass is 196 g/mol. The van der Waals surface area contributed by atoms with E-state index in [-0.39, 0.29) is 0 Å². The van der Waals surface area contributed by atoms with E-state index < -0.39 is 17.7 Å². The largest absolute Gasteiger partial charge is 0.458 e. The van der Waals surface area contributed by atoms with E-state index in [0.29, 0.717) is 6.20 Å². The van der Waals surface area contributed by atoms with Gasteiger partial charge >= 0.3 is 12.1 Å². The number of halogens is 5. The van der Waals surface area contributed by atoms with Crippen LogP contribution >= 0.6 is 0 Å². The molecule has 0 fully saturated rings. The summed E-state index contributed by atoms with van der Waals surface area (Å²) in [5.41, 5.74) is -1.28. The number of nitrogens with zero attached hydrogens (tertiary/aromatic N) is 1. The van der Waals surface area contributed by atoms with Gasteiger partial charge in [-0.2, -0.15) is 22.0 Å². The van der Waals surface area contributed by atoms with Crippen molar-refractivity contribution in [3.8, 4) is 0 Å². The second-order valence-electron chi connectivity index (χ2n) is 2.22. The highest BCUT2D eigenvalue weighted by Gasteiger charge is 2.58. The first-order chi connectivity index (χ1) is 5.86. The Labute approximate surface area is 70.2 Å². The molecule has 1 radical (unpaired) electrons. The van der Waals surface area contributed by atoms with Crippen LogP contribution < -0.4 is 0 Å². The zero-order valence-corrected chi connectivity index (χ0v) is 6.07. The van der Waals surface area contributed by atoms with Crippen LogP contribution in [-0.4, -0.2) is 11.2 Å². The molecule has 1 heterocycles. The van der Waals surface area contributed by atoms with E-state index in [9.17, 15) is 22.0 Å². The normalized spacial score (nSPS) is 13.0. The lowest BCUT2D eigenvalue weighted by Gasteiger charge is -2.18. The van der Waals surface area contributed by atoms with Crippen LogP contribution in [0.3, 0.4) is 0 Å². The maximum Gasteiger partial charge on any atom is 0.458 e. The van der Waals surface area contributed by atoms with Gasteiger partial charge in [-0.1, -0.05) is 0 Å². The zero-order valence-electron chi connectivity index (χ0n) is 6.07. The van der Waals surface area contributed by atoms with Crippen molar-refractivity contribution in [2.75, 3.05) is 0 Å². The molecule has 0 N–H and O–H groups in total. The summed E-state index contributed by atoms with van der Waals surface area (Å²) < 4.78 is 60.1. The molecule has 6 heteroatoms. The van der Waals surface area contributed by atoms with Crippen LogP contribution in [0.15, 0.2) is 18.5 Å². The summed E-state index contributed by atoms with van der Waals surface area (Å²) in [6, 6.07) is 2.68. The first-order valence-corrected chi connectivity index (χ1v) is 3.12. The highest BCUT2D eigenvalue weighted by atomic mass is 19.4. The van der Waals surface area contributed by atoms with Crippen molar-refractivity contribution in [3.05, 3.63) is 30.1 Å². The number of alkyl halides is 5. The third-order valence-corrected chi connectivity index (χ3v) is 1.30. The molecular formula is C7H3F5N. The van der Waals surface area contributed by atoms with Crippen molar-refractivity contribution in [1.29, 1.82) is 0 Å². The number of hydrogen-bond donors (Lipinski definition) is 0. The summed E-state index contributed by atoms with van der Waals surface area (Å²) in [5, 5.41) is 0. The molecule has 0 unspecified atom stereocenters. The average molecular weight is 196 g/mol. The number of rotatable bonds is 1. The molecule has 71 valence electrons. The molecule has 0 aliphatic carbocycles. The smallest absolute Gasteiger partial charge is 0.264 e. The summed E-state index contributed by atoms with van der Waals surface area (Å²) in [5.74, 6) is -4.89. The van der Waals surface area contributed by atoms with Crippen LogP contribution in [0.1, 0.15) is 5.56 Å². The van der Waals surface area contributed by atoms with Crippen molar-refractivity contribution in [3.63, 3.8) is 0 Å². The molecule has 0 bridgehead atoms. The van der Waals surface area contributed by atoms with Gasteiger partial charge in [-0.3, -0.25) is 4.98 Å². The number of aromatic nitrogens is 1. The van der Waals surface area contributed by atoms with Gasteiger partial charge in [0.05, 0.1) is 5.56 Å². The van der Waals surface area contributed by atoms with Crippen LogP contribution in [0.5, 0.6) is 0 Å². The van der Waals surface area contributed by atoms with E-state index >= 15 is 0 Å². The Morgan fingerprint density at radius 3 is 2.15 bits per heavy atom. The van der Waals surface area contributed by atoms with Crippen molar-refractivity contribution >= 4 is 0 Å². The van der Waals surface area contributed by atoms with Crippen LogP contribution in [0.4, 0.5) is 22.0 Å². The topological polar surface area (TPSA) is 12.9 Å². The third kappa shape index (κ3) is 1.76. The maximum atomic E-state index is 12.5. The average Bonchev–Trinajstić information content (AvgIpc) is 2.04. The fourth-order valence-corrected chi connectivity index (χ4v) is 0.649. The Hall–Kier alpha value is -1.20. The Kier molecular flexibility index (Phi) is 2.23. The SMILES string of the molecule is FC(F)(F)C(F)(F)c1[c]ccnc1. The Morgan fingerprint density at radius 2 is 1.77 bits per heavy atom. The summed E-state index contributed by atoms with van der Waals surface area (Å²) in [4.78, 5) is 3.15. The van der Waals surface area contributed by atoms with Crippen LogP contribution in [0.2, 0.25) is 0 Å². The fourth-order valence-electron chi connectivity index (χ4n) is 0.649. The second kappa shape index (κ2) is 2.93. The van der Waals surface area contributed by atoms with Gasteiger partial charge in [-0.25, -0.2) is 0 Å². The summed E-state index contributed by atoms with van der Waals surface area (Å²) in [7, 11) is 0. The molecule has 1 rings (SSSR count). The molecule has 1 aromatic heterocycles. The van der Waals surface area contributed by atoms with Crippen molar-refractivity contribution < 1.29 is 22.0 Å². The van der Waals surface area contributed by atoms with Crippen LogP contribution in [0, 0.1) is 6.07 Å². The fraction of sp³-hybridized carbons (Fsp3) is 0.286. The predicted molar refractivity (Wildman–Crippen MR) is 33.0 cm³/mol. The van der Waals surface area contributed by atoms with E-state index in [0.717, 1.165) is 12.3 Å². The second-order valence-corrected chi connectivity index (χ2v) is 2.22. The summed E-state index contributed by atoms with van der Waals surface area (Å²) in [6.45, 7) is 0. The van der Waals surface area contributed by atoms with E-state index in [1.807, 2.05) is 0 Å². The van der Waals surface area contributed by atoms with E-state index in [2.05, 4.69) is 4.98 Å². The van der Waals surface area contributed by atoms with Gasteiger partial charge < -0.3 is 0 Å². The van der Waals surface area contributed by atoms with E-state index in [4.69, 9.17) is 0 Å². The molecule has 0 atom stereocenters. The Morgan fingerprint density at radius 1 is 1.15 bits per heavy atom. The first-order valence-electron chi connectivity index (χ1n) is 3.12. The van der Waals surface area contributed by atoms with Gasteiger partial charge in [0.15, 0.2) is 0 Å². The third-order valence-electron chi connectivity index (χ3n) is 1.30. The molecule has 13 heavy (non-hydrogen) atoms. The molecule has 0 aliphatic heterocycles. The first kappa shape index (κ1) is 9.88. The Balaban J connectivity index is 3.08. The van der Waals surface area contributed by atoms with Crippen molar-refractivity contribution in [2.24, 2.45) is 0 Å². The minimum atomic E-state index is -5.60. The highest BCUT2D eigenvalue weighted by molar-refractivity contribution is 5.15. The molecule has 0 aliphatic rings. The van der Waals surface area contributed by atoms with E-state index in [1.165, 1.54) is 0 Å². The minimum Gasteiger partial charge on any atom is -0.264 e. The molecule has 1 nitrogen and oxygen atoms in total. The molecule has 0 spiro atoms.